The van der Waals surface area contributed by atoms with Crippen LogP contribution in [0.25, 0.3) is 0 Å². The van der Waals surface area contributed by atoms with Gasteiger partial charge in [0.25, 0.3) is 5.91 Å². The van der Waals surface area contributed by atoms with Gasteiger partial charge in [0.1, 0.15) is 0 Å². The third-order valence-electron chi connectivity index (χ3n) is 2.90. The van der Waals surface area contributed by atoms with E-state index in [0.29, 0.717) is 5.56 Å². The average Bonchev–Trinajstić information content (AvgIpc) is 2.46. The molecule has 7 nitrogen and oxygen atoms in total. The predicted molar refractivity (Wildman–Crippen MR) is 84.0 cm³/mol. The van der Waals surface area contributed by atoms with Gasteiger partial charge in [0.05, 0.1) is 13.5 Å². The molecule has 0 aliphatic rings. The van der Waals surface area contributed by atoms with Crippen molar-refractivity contribution >= 4 is 17.9 Å². The van der Waals surface area contributed by atoms with E-state index in [9.17, 15) is 18.8 Å². The quantitative estimate of drug-likeness (QED) is 0.766. The van der Waals surface area contributed by atoms with Crippen molar-refractivity contribution in [1.29, 1.82) is 0 Å². The number of benzene rings is 1. The highest BCUT2D eigenvalue weighted by molar-refractivity contribution is 5.97. The lowest BCUT2D eigenvalue weighted by molar-refractivity contribution is -0.153. The molecule has 0 saturated heterocycles. The molecular weight excluding hydrogens is 319 g/mol. The fourth-order valence-electron chi connectivity index (χ4n) is 1.79. The van der Waals surface area contributed by atoms with Gasteiger partial charge in [-0.2, -0.15) is 0 Å². The minimum atomic E-state index is -1.15. The number of nitrogens with one attached hydrogen (secondary N) is 2. The van der Waals surface area contributed by atoms with Crippen molar-refractivity contribution in [1.82, 2.24) is 10.6 Å². The second-order valence-corrected chi connectivity index (χ2v) is 5.40. The van der Waals surface area contributed by atoms with E-state index in [0.717, 1.165) is 6.07 Å². The lowest BCUT2D eigenvalue weighted by atomic mass is 10.1. The molecule has 0 aliphatic heterocycles. The van der Waals surface area contributed by atoms with Gasteiger partial charge in [-0.1, -0.05) is 6.07 Å². The van der Waals surface area contributed by atoms with Crippen LogP contribution in [0.4, 0.5) is 9.18 Å². The number of carbonyl (C=O) groups excluding carboxylic acids is 3. The SMILES string of the molecule is COc1ccc(CC(=O)O[C@H](C)C(=O)NC(=O)NC(C)C)cc1F. The van der Waals surface area contributed by atoms with Crippen molar-refractivity contribution in [3.8, 4) is 5.75 Å². The van der Waals surface area contributed by atoms with Crippen molar-refractivity contribution in [2.24, 2.45) is 0 Å². The highest BCUT2D eigenvalue weighted by atomic mass is 19.1. The summed E-state index contributed by atoms with van der Waals surface area (Å²) in [4.78, 5) is 34.9. The summed E-state index contributed by atoms with van der Waals surface area (Å²) in [7, 11) is 1.34. The Morgan fingerprint density at radius 1 is 1.21 bits per heavy atom. The van der Waals surface area contributed by atoms with Gasteiger partial charge in [-0.05, 0) is 38.5 Å². The van der Waals surface area contributed by atoms with E-state index < -0.39 is 29.8 Å². The molecule has 0 unspecified atom stereocenters. The van der Waals surface area contributed by atoms with Crippen LogP contribution in [0.5, 0.6) is 5.75 Å². The average molecular weight is 340 g/mol. The van der Waals surface area contributed by atoms with Gasteiger partial charge in [-0.3, -0.25) is 14.9 Å². The first-order valence-electron chi connectivity index (χ1n) is 7.36. The Hall–Kier alpha value is -2.64. The van der Waals surface area contributed by atoms with Crippen molar-refractivity contribution in [2.45, 2.75) is 39.3 Å². The zero-order valence-corrected chi connectivity index (χ0v) is 14.0. The first-order chi connectivity index (χ1) is 11.2. The number of methoxy groups -OCH3 is 1. The third-order valence-corrected chi connectivity index (χ3v) is 2.90. The van der Waals surface area contributed by atoms with Gasteiger partial charge in [-0.25, -0.2) is 9.18 Å². The summed E-state index contributed by atoms with van der Waals surface area (Å²) in [6.07, 6.45) is -1.37. The molecule has 2 N–H and O–H groups in total. The molecule has 0 aliphatic carbocycles. The number of imide groups is 1. The van der Waals surface area contributed by atoms with Crippen molar-refractivity contribution in [3.63, 3.8) is 0 Å². The molecule has 1 atom stereocenters. The second kappa shape index (κ2) is 8.85. The Balaban J connectivity index is 2.53. The fourth-order valence-corrected chi connectivity index (χ4v) is 1.79. The number of amides is 3. The fraction of sp³-hybridized carbons (Fsp3) is 0.438. The molecule has 132 valence electrons. The third kappa shape index (κ3) is 6.23. The molecule has 24 heavy (non-hydrogen) atoms. The lowest BCUT2D eigenvalue weighted by Crippen LogP contribution is -2.46. The van der Waals surface area contributed by atoms with Crippen molar-refractivity contribution < 1.29 is 28.2 Å². The Morgan fingerprint density at radius 2 is 1.88 bits per heavy atom. The standard InChI is InChI=1S/C16H21FN2O5/c1-9(2)18-16(22)19-15(21)10(3)24-14(20)8-11-5-6-13(23-4)12(17)7-11/h5-7,9-10H,8H2,1-4H3,(H2,18,19,21,22)/t10-/m1/s1. The molecule has 0 aromatic heterocycles. The van der Waals surface area contributed by atoms with Crippen LogP contribution in [-0.2, 0) is 20.7 Å². The number of carbonyl (C=O) groups is 3. The van der Waals surface area contributed by atoms with Crippen LogP contribution in [-0.4, -0.2) is 37.2 Å². The number of hydrogen-bond acceptors (Lipinski definition) is 5. The van der Waals surface area contributed by atoms with Gasteiger partial charge in [0.15, 0.2) is 17.7 Å². The Bertz CT molecular complexity index is 618. The van der Waals surface area contributed by atoms with Gasteiger partial charge < -0.3 is 14.8 Å². The molecule has 1 aromatic carbocycles. The maximum atomic E-state index is 13.6. The largest absolute Gasteiger partial charge is 0.494 e. The zero-order valence-electron chi connectivity index (χ0n) is 14.0. The molecule has 0 fully saturated rings. The summed E-state index contributed by atoms with van der Waals surface area (Å²) in [6, 6.07) is 3.26. The molecule has 0 spiro atoms. The van der Waals surface area contributed by atoms with E-state index in [-0.39, 0.29) is 18.2 Å². The van der Waals surface area contributed by atoms with E-state index in [4.69, 9.17) is 9.47 Å². The van der Waals surface area contributed by atoms with Gasteiger partial charge in [-0.15, -0.1) is 0 Å². The molecule has 0 heterocycles. The maximum absolute atomic E-state index is 13.6. The first kappa shape index (κ1) is 19.4. The first-order valence-corrected chi connectivity index (χ1v) is 7.36. The minimum Gasteiger partial charge on any atom is -0.494 e. The van der Waals surface area contributed by atoms with Crippen LogP contribution in [0.15, 0.2) is 18.2 Å². The molecule has 8 heteroatoms. The molecule has 0 radical (unpaired) electrons. The maximum Gasteiger partial charge on any atom is 0.321 e. The number of rotatable bonds is 6. The van der Waals surface area contributed by atoms with Crippen LogP contribution in [0, 0.1) is 5.82 Å². The van der Waals surface area contributed by atoms with Gasteiger partial charge >= 0.3 is 12.0 Å². The monoisotopic (exact) mass is 340 g/mol. The topological polar surface area (TPSA) is 93.7 Å². The molecule has 1 aromatic rings. The summed E-state index contributed by atoms with van der Waals surface area (Å²) >= 11 is 0. The normalized spacial score (nSPS) is 11.6. The van der Waals surface area contributed by atoms with Crippen LogP contribution in [0.1, 0.15) is 26.3 Å². The molecule has 1 rings (SSSR count). The van der Waals surface area contributed by atoms with E-state index in [2.05, 4.69) is 10.6 Å². The highest BCUT2D eigenvalue weighted by Gasteiger charge is 2.20. The zero-order chi connectivity index (χ0) is 18.3. The highest BCUT2D eigenvalue weighted by Crippen LogP contribution is 2.18. The summed E-state index contributed by atoms with van der Waals surface area (Å²) in [5.74, 6) is -2.00. The van der Waals surface area contributed by atoms with Crippen LogP contribution in [0.3, 0.4) is 0 Å². The Morgan fingerprint density at radius 3 is 2.42 bits per heavy atom. The van der Waals surface area contributed by atoms with Gasteiger partial charge in [0.2, 0.25) is 0 Å². The second-order valence-electron chi connectivity index (χ2n) is 5.40. The number of hydrogen-bond donors (Lipinski definition) is 2. The van der Waals surface area contributed by atoms with E-state index in [1.54, 1.807) is 13.8 Å². The van der Waals surface area contributed by atoms with E-state index in [1.807, 2.05) is 0 Å². The Labute approximate surface area is 139 Å². The predicted octanol–water partition coefficient (Wildman–Crippen LogP) is 1.54. The number of halogens is 1. The number of esters is 1. The van der Waals surface area contributed by atoms with Crippen LogP contribution < -0.4 is 15.4 Å². The number of urea groups is 1. The van der Waals surface area contributed by atoms with E-state index in [1.165, 1.54) is 26.2 Å². The lowest BCUT2D eigenvalue weighted by Gasteiger charge is -2.14. The van der Waals surface area contributed by atoms with Gasteiger partial charge in [0, 0.05) is 6.04 Å². The summed E-state index contributed by atoms with van der Waals surface area (Å²) in [6.45, 7) is 4.81. The molecule has 3 amide bonds. The van der Waals surface area contributed by atoms with E-state index >= 15 is 0 Å². The summed E-state index contributed by atoms with van der Waals surface area (Å²) in [5, 5.41) is 4.54. The smallest absolute Gasteiger partial charge is 0.321 e. The van der Waals surface area contributed by atoms with Crippen molar-refractivity contribution in [2.75, 3.05) is 7.11 Å². The summed E-state index contributed by atoms with van der Waals surface area (Å²) in [5.41, 5.74) is 0.378. The molecule has 0 saturated carbocycles. The minimum absolute atomic E-state index is 0.0658. The van der Waals surface area contributed by atoms with Crippen LogP contribution in [0.2, 0.25) is 0 Å². The Kier molecular flexibility index (Phi) is 7.16. The molecule has 0 bridgehead atoms. The molecular formula is C16H21FN2O5. The van der Waals surface area contributed by atoms with Crippen LogP contribution >= 0.6 is 0 Å². The summed E-state index contributed by atoms with van der Waals surface area (Å²) < 4.78 is 23.3. The van der Waals surface area contributed by atoms with Crippen molar-refractivity contribution in [3.05, 3.63) is 29.6 Å². The number of ether oxygens (including phenoxy) is 2.